The lowest BCUT2D eigenvalue weighted by Gasteiger charge is -2.32. The van der Waals surface area contributed by atoms with Crippen LogP contribution in [0.2, 0.25) is 0 Å². The second-order valence-corrected chi connectivity index (χ2v) is 3.56. The number of likely N-dealkylation sites (tertiary alicyclic amines) is 1. The fourth-order valence-electron chi connectivity index (χ4n) is 1.86. The molecule has 3 heteroatoms. The van der Waals surface area contributed by atoms with Crippen LogP contribution in [0.5, 0.6) is 0 Å². The topological polar surface area (TPSA) is 40.5 Å². The Morgan fingerprint density at radius 3 is 3.00 bits per heavy atom. The average molecular weight is 195 g/mol. The third-order valence-electron chi connectivity index (χ3n) is 2.60. The van der Waals surface area contributed by atoms with Crippen LogP contribution >= 0.6 is 0 Å². The van der Waals surface area contributed by atoms with Gasteiger partial charge in [0.05, 0.1) is 0 Å². The molecule has 0 bridgehead atoms. The van der Waals surface area contributed by atoms with Crippen molar-refractivity contribution in [1.29, 1.82) is 0 Å². The second kappa shape index (κ2) is 5.66. The molecule has 0 radical (unpaired) electrons. The molecule has 1 saturated heterocycles. The zero-order valence-electron chi connectivity index (χ0n) is 8.62. The maximum absolute atomic E-state index is 10.9. The van der Waals surface area contributed by atoms with E-state index in [1.807, 2.05) is 11.8 Å². The van der Waals surface area contributed by atoms with E-state index in [1.165, 1.54) is 0 Å². The largest absolute Gasteiger partial charge is 0.480 e. The van der Waals surface area contributed by atoms with Gasteiger partial charge in [0.25, 0.3) is 0 Å². The Balaban J connectivity index is 2.44. The van der Waals surface area contributed by atoms with Crippen LogP contribution in [0, 0.1) is 11.8 Å². The first-order chi connectivity index (χ1) is 6.75. The van der Waals surface area contributed by atoms with Crippen LogP contribution < -0.4 is 0 Å². The van der Waals surface area contributed by atoms with E-state index >= 15 is 0 Å². The number of carbonyl (C=O) groups is 1. The number of carboxylic acid groups (broad SMARTS) is 1. The van der Waals surface area contributed by atoms with Crippen molar-refractivity contribution in [3.63, 3.8) is 0 Å². The summed E-state index contributed by atoms with van der Waals surface area (Å²) in [6.45, 7) is 3.51. The Labute approximate surface area is 85.1 Å². The van der Waals surface area contributed by atoms with Gasteiger partial charge in [-0.2, -0.15) is 0 Å². The van der Waals surface area contributed by atoms with Crippen LogP contribution in [-0.2, 0) is 4.79 Å². The summed E-state index contributed by atoms with van der Waals surface area (Å²) in [5.41, 5.74) is 0. The predicted octanol–water partition coefficient (Wildman–Crippen LogP) is 1.34. The summed E-state index contributed by atoms with van der Waals surface area (Å²) in [5.74, 6) is 5.11. The first-order valence-corrected chi connectivity index (χ1v) is 5.12. The van der Waals surface area contributed by atoms with Crippen LogP contribution in [0.1, 0.15) is 32.6 Å². The van der Waals surface area contributed by atoms with Gasteiger partial charge in [0.1, 0.15) is 6.04 Å². The number of rotatable bonds is 3. The Kier molecular flexibility index (Phi) is 4.48. The lowest BCUT2D eigenvalue weighted by atomic mass is 10.0. The molecule has 0 aromatic carbocycles. The van der Waals surface area contributed by atoms with E-state index in [2.05, 4.69) is 11.8 Å². The highest BCUT2D eigenvalue weighted by atomic mass is 16.4. The fraction of sp³-hybridized carbons (Fsp3) is 0.727. The van der Waals surface area contributed by atoms with Crippen LogP contribution in [0.15, 0.2) is 0 Å². The van der Waals surface area contributed by atoms with Crippen molar-refractivity contribution in [1.82, 2.24) is 4.90 Å². The summed E-state index contributed by atoms with van der Waals surface area (Å²) in [5, 5.41) is 8.99. The van der Waals surface area contributed by atoms with E-state index in [1.54, 1.807) is 0 Å². The van der Waals surface area contributed by atoms with Crippen LogP contribution in [-0.4, -0.2) is 35.1 Å². The Morgan fingerprint density at radius 2 is 2.36 bits per heavy atom. The van der Waals surface area contributed by atoms with Gasteiger partial charge in [-0.1, -0.05) is 6.42 Å². The van der Waals surface area contributed by atoms with Crippen molar-refractivity contribution in [2.75, 3.05) is 13.1 Å². The molecular formula is C11H17NO2. The van der Waals surface area contributed by atoms with Gasteiger partial charge in [-0.15, -0.1) is 11.8 Å². The number of nitrogens with zero attached hydrogens (tertiary/aromatic N) is 1. The molecule has 0 aromatic heterocycles. The third kappa shape index (κ3) is 3.04. The molecule has 1 unspecified atom stereocenters. The third-order valence-corrected chi connectivity index (χ3v) is 2.60. The van der Waals surface area contributed by atoms with E-state index in [4.69, 9.17) is 5.11 Å². The highest BCUT2D eigenvalue weighted by molar-refractivity contribution is 5.73. The number of hydrogen-bond acceptors (Lipinski definition) is 2. The zero-order valence-corrected chi connectivity index (χ0v) is 8.62. The lowest BCUT2D eigenvalue weighted by Crippen LogP contribution is -2.44. The summed E-state index contributed by atoms with van der Waals surface area (Å²) in [6, 6.07) is -0.276. The van der Waals surface area contributed by atoms with Crippen molar-refractivity contribution in [3.05, 3.63) is 0 Å². The molecule has 0 saturated carbocycles. The standard InChI is InChI=1S/C11H17NO2/c1-2-3-5-8-12-9-6-4-7-10(12)11(13)14/h10H,4-9H2,1H3,(H,13,14). The highest BCUT2D eigenvalue weighted by Gasteiger charge is 2.27. The Bertz CT molecular complexity index is 252. The predicted molar refractivity (Wildman–Crippen MR) is 54.9 cm³/mol. The van der Waals surface area contributed by atoms with Crippen molar-refractivity contribution in [3.8, 4) is 11.8 Å². The summed E-state index contributed by atoms with van der Waals surface area (Å²) >= 11 is 0. The molecule has 1 rings (SSSR count). The summed E-state index contributed by atoms with van der Waals surface area (Å²) in [4.78, 5) is 13.0. The minimum absolute atomic E-state index is 0.276. The molecule has 0 aromatic rings. The maximum atomic E-state index is 10.9. The maximum Gasteiger partial charge on any atom is 0.320 e. The molecule has 1 heterocycles. The molecular weight excluding hydrogens is 178 g/mol. The Morgan fingerprint density at radius 1 is 1.57 bits per heavy atom. The molecule has 14 heavy (non-hydrogen) atoms. The first-order valence-electron chi connectivity index (χ1n) is 5.12. The van der Waals surface area contributed by atoms with Crippen LogP contribution in [0.4, 0.5) is 0 Å². The second-order valence-electron chi connectivity index (χ2n) is 3.56. The molecule has 0 aliphatic carbocycles. The van der Waals surface area contributed by atoms with Crippen LogP contribution in [0.25, 0.3) is 0 Å². The van der Waals surface area contributed by atoms with E-state index in [-0.39, 0.29) is 6.04 Å². The van der Waals surface area contributed by atoms with Crippen LogP contribution in [0.3, 0.4) is 0 Å². The SMILES string of the molecule is CC#CCCN1CCCCC1C(=O)O. The van der Waals surface area contributed by atoms with Gasteiger partial charge < -0.3 is 5.11 Å². The number of carboxylic acids is 1. The normalized spacial score (nSPS) is 22.5. The molecule has 0 amide bonds. The number of piperidine rings is 1. The van der Waals surface area contributed by atoms with Gasteiger partial charge in [0.15, 0.2) is 0 Å². The lowest BCUT2D eigenvalue weighted by molar-refractivity contribution is -0.144. The fourth-order valence-corrected chi connectivity index (χ4v) is 1.86. The minimum Gasteiger partial charge on any atom is -0.480 e. The smallest absolute Gasteiger partial charge is 0.320 e. The van der Waals surface area contributed by atoms with Gasteiger partial charge in [0, 0.05) is 13.0 Å². The molecule has 0 spiro atoms. The number of aliphatic carboxylic acids is 1. The van der Waals surface area contributed by atoms with Gasteiger partial charge in [-0.05, 0) is 26.3 Å². The monoisotopic (exact) mass is 195 g/mol. The van der Waals surface area contributed by atoms with E-state index < -0.39 is 5.97 Å². The van der Waals surface area contributed by atoms with E-state index in [0.29, 0.717) is 0 Å². The minimum atomic E-state index is -0.686. The zero-order chi connectivity index (χ0) is 10.4. The highest BCUT2D eigenvalue weighted by Crippen LogP contribution is 2.16. The summed E-state index contributed by atoms with van der Waals surface area (Å²) in [7, 11) is 0. The summed E-state index contributed by atoms with van der Waals surface area (Å²) in [6.07, 6.45) is 3.71. The Hall–Kier alpha value is -1.01. The molecule has 3 nitrogen and oxygen atoms in total. The van der Waals surface area contributed by atoms with Crippen molar-refractivity contribution in [2.24, 2.45) is 0 Å². The van der Waals surface area contributed by atoms with Gasteiger partial charge in [0.2, 0.25) is 0 Å². The van der Waals surface area contributed by atoms with Gasteiger partial charge >= 0.3 is 5.97 Å². The molecule has 1 aliphatic heterocycles. The van der Waals surface area contributed by atoms with Gasteiger partial charge in [-0.3, -0.25) is 9.69 Å². The average Bonchev–Trinajstić information content (AvgIpc) is 2.19. The molecule has 78 valence electrons. The first kappa shape index (κ1) is 11.1. The molecule has 1 atom stereocenters. The quantitative estimate of drug-likeness (QED) is 0.691. The van der Waals surface area contributed by atoms with Crippen molar-refractivity contribution < 1.29 is 9.90 Å². The van der Waals surface area contributed by atoms with Gasteiger partial charge in [-0.25, -0.2) is 0 Å². The van der Waals surface area contributed by atoms with Crippen molar-refractivity contribution >= 4 is 5.97 Å². The molecule has 1 N–H and O–H groups in total. The van der Waals surface area contributed by atoms with E-state index in [9.17, 15) is 4.79 Å². The molecule has 1 aliphatic rings. The number of hydrogen-bond donors (Lipinski definition) is 1. The van der Waals surface area contributed by atoms with E-state index in [0.717, 1.165) is 38.8 Å². The molecule has 1 fully saturated rings. The summed E-state index contributed by atoms with van der Waals surface area (Å²) < 4.78 is 0. The van der Waals surface area contributed by atoms with Crippen molar-refractivity contribution in [2.45, 2.75) is 38.6 Å².